The molecule has 7 aromatic carbocycles. The van der Waals surface area contributed by atoms with Crippen LogP contribution in [0.5, 0.6) is 0 Å². The molecule has 0 radical (unpaired) electrons. The molecule has 0 N–H and O–H groups in total. The number of aromatic nitrogens is 5. The molecule has 0 amide bonds. The van der Waals surface area contributed by atoms with Gasteiger partial charge in [-0.25, -0.2) is 15.0 Å². The minimum Gasteiger partial charge on any atom is -0.309 e. The van der Waals surface area contributed by atoms with Crippen molar-refractivity contribution >= 4 is 49.2 Å². The lowest BCUT2D eigenvalue weighted by atomic mass is 9.96. The molecule has 0 aliphatic heterocycles. The average molecular weight is 718 g/mol. The van der Waals surface area contributed by atoms with Crippen LogP contribution in [0.2, 0.25) is 0 Å². The van der Waals surface area contributed by atoms with E-state index in [1.807, 2.05) is 18.2 Å². The standard InChI is InChI=1S/C51H35N5/c1-4-15-34(16-5-1)37-19-14-20-38(33-37)51-53-49(35-17-6-2-7-18-35)52-50(54-51)36-27-29-40(30-28-36)55-45-26-13-11-24-43(45)47-46(55)32-31-42-41-23-10-12-25-44(41)56(48(42)47)39-21-8-3-9-22-39/h1-4,6-15,17-33H,5,16H2. The van der Waals surface area contributed by atoms with Crippen molar-refractivity contribution in [3.8, 4) is 45.5 Å². The van der Waals surface area contributed by atoms with Gasteiger partial charge < -0.3 is 9.13 Å². The molecule has 1 aliphatic rings. The fourth-order valence-electron chi connectivity index (χ4n) is 8.44. The molecule has 0 unspecified atom stereocenters. The molecule has 264 valence electrons. The lowest BCUT2D eigenvalue weighted by Gasteiger charge is -2.12. The van der Waals surface area contributed by atoms with Crippen LogP contribution in [0.3, 0.4) is 0 Å². The van der Waals surface area contributed by atoms with Crippen LogP contribution in [-0.2, 0) is 0 Å². The minimum atomic E-state index is 0.641. The lowest BCUT2D eigenvalue weighted by Crippen LogP contribution is -2.01. The number of rotatable bonds is 6. The van der Waals surface area contributed by atoms with E-state index in [9.17, 15) is 0 Å². The maximum atomic E-state index is 5.11. The second kappa shape index (κ2) is 13.2. The molecule has 0 saturated carbocycles. The lowest BCUT2D eigenvalue weighted by molar-refractivity contribution is 1.05. The minimum absolute atomic E-state index is 0.641. The third-order valence-corrected chi connectivity index (χ3v) is 11.0. The molecule has 0 bridgehead atoms. The van der Waals surface area contributed by atoms with Crippen molar-refractivity contribution in [3.05, 3.63) is 194 Å². The van der Waals surface area contributed by atoms with Gasteiger partial charge in [0.05, 0.1) is 22.1 Å². The summed E-state index contributed by atoms with van der Waals surface area (Å²) < 4.78 is 4.81. The molecule has 3 heterocycles. The van der Waals surface area contributed by atoms with Crippen LogP contribution in [0.25, 0.3) is 94.7 Å². The van der Waals surface area contributed by atoms with Gasteiger partial charge in [0.1, 0.15) is 0 Å². The predicted octanol–water partition coefficient (Wildman–Crippen LogP) is 12.8. The topological polar surface area (TPSA) is 48.5 Å². The van der Waals surface area contributed by atoms with Gasteiger partial charge in [0.15, 0.2) is 17.5 Å². The Morgan fingerprint density at radius 3 is 1.73 bits per heavy atom. The van der Waals surface area contributed by atoms with Gasteiger partial charge in [-0.2, -0.15) is 0 Å². The Hall–Kier alpha value is -7.37. The number of para-hydroxylation sites is 3. The van der Waals surface area contributed by atoms with E-state index in [0.29, 0.717) is 17.5 Å². The molecule has 0 fully saturated rings. The summed E-state index contributed by atoms with van der Waals surface area (Å²) >= 11 is 0. The first-order valence-electron chi connectivity index (χ1n) is 19.2. The fraction of sp³-hybridized carbons (Fsp3) is 0.0392. The van der Waals surface area contributed by atoms with Gasteiger partial charge in [-0.3, -0.25) is 0 Å². The maximum absolute atomic E-state index is 5.11. The van der Waals surface area contributed by atoms with E-state index in [4.69, 9.17) is 15.0 Å². The molecule has 1 aliphatic carbocycles. The van der Waals surface area contributed by atoms with Crippen LogP contribution >= 0.6 is 0 Å². The molecule has 3 aromatic heterocycles. The molecule has 10 aromatic rings. The van der Waals surface area contributed by atoms with Gasteiger partial charge in [-0.15, -0.1) is 0 Å². The van der Waals surface area contributed by atoms with Gasteiger partial charge >= 0.3 is 0 Å². The third kappa shape index (κ3) is 5.28. The van der Waals surface area contributed by atoms with Crippen molar-refractivity contribution < 1.29 is 0 Å². The molecule has 56 heavy (non-hydrogen) atoms. The van der Waals surface area contributed by atoms with Crippen LogP contribution in [0.1, 0.15) is 18.4 Å². The fourth-order valence-corrected chi connectivity index (χ4v) is 8.44. The van der Waals surface area contributed by atoms with Gasteiger partial charge in [0.2, 0.25) is 0 Å². The van der Waals surface area contributed by atoms with E-state index in [0.717, 1.165) is 51.9 Å². The summed E-state index contributed by atoms with van der Waals surface area (Å²) in [7, 11) is 0. The second-order valence-electron chi connectivity index (χ2n) is 14.4. The van der Waals surface area contributed by atoms with Crippen molar-refractivity contribution in [2.24, 2.45) is 0 Å². The van der Waals surface area contributed by atoms with E-state index >= 15 is 0 Å². The molecular weight excluding hydrogens is 683 g/mol. The van der Waals surface area contributed by atoms with Crippen molar-refractivity contribution in [3.63, 3.8) is 0 Å². The molecule has 5 nitrogen and oxygen atoms in total. The number of nitrogens with zero attached hydrogens (tertiary/aromatic N) is 5. The highest BCUT2D eigenvalue weighted by atomic mass is 15.0. The summed E-state index contributed by atoms with van der Waals surface area (Å²) in [5, 5.41) is 4.94. The number of hydrogen-bond acceptors (Lipinski definition) is 3. The first-order valence-corrected chi connectivity index (χ1v) is 19.2. The highest BCUT2D eigenvalue weighted by Crippen LogP contribution is 2.42. The van der Waals surface area contributed by atoms with Crippen molar-refractivity contribution in [2.75, 3.05) is 0 Å². The Morgan fingerprint density at radius 1 is 0.411 bits per heavy atom. The van der Waals surface area contributed by atoms with Crippen LogP contribution in [0.15, 0.2) is 188 Å². The number of benzene rings is 7. The van der Waals surface area contributed by atoms with Crippen LogP contribution < -0.4 is 0 Å². The van der Waals surface area contributed by atoms with Gasteiger partial charge in [-0.05, 0) is 84.6 Å². The normalized spacial score (nSPS) is 12.9. The number of fused-ring (bicyclic) bond motifs is 7. The molecular formula is C51H35N5. The molecule has 11 rings (SSSR count). The second-order valence-corrected chi connectivity index (χ2v) is 14.4. The molecule has 5 heteroatoms. The summed E-state index contributed by atoms with van der Waals surface area (Å²) in [4.78, 5) is 15.2. The van der Waals surface area contributed by atoms with Crippen molar-refractivity contribution in [2.45, 2.75) is 12.8 Å². The summed E-state index contributed by atoms with van der Waals surface area (Å²) in [5.74, 6) is 1.95. The van der Waals surface area contributed by atoms with E-state index < -0.39 is 0 Å². The Bertz CT molecular complexity index is 3170. The highest BCUT2D eigenvalue weighted by molar-refractivity contribution is 6.26. The maximum Gasteiger partial charge on any atom is 0.164 e. The first-order chi connectivity index (χ1) is 27.8. The van der Waals surface area contributed by atoms with Crippen LogP contribution in [0.4, 0.5) is 0 Å². The van der Waals surface area contributed by atoms with E-state index in [-0.39, 0.29) is 0 Å². The van der Waals surface area contributed by atoms with Crippen molar-refractivity contribution in [1.82, 2.24) is 24.1 Å². The zero-order valence-electron chi connectivity index (χ0n) is 30.5. The third-order valence-electron chi connectivity index (χ3n) is 11.0. The summed E-state index contributed by atoms with van der Waals surface area (Å²) in [6, 6.07) is 60.1. The van der Waals surface area contributed by atoms with Crippen LogP contribution in [0, 0.1) is 0 Å². The van der Waals surface area contributed by atoms with Gasteiger partial charge in [0.25, 0.3) is 0 Å². The predicted molar refractivity (Wildman–Crippen MR) is 231 cm³/mol. The van der Waals surface area contributed by atoms with E-state index in [2.05, 4.69) is 179 Å². The van der Waals surface area contributed by atoms with Crippen LogP contribution in [-0.4, -0.2) is 24.1 Å². The number of allylic oxidation sites excluding steroid dienone is 4. The Balaban J connectivity index is 1.07. The molecule has 0 saturated heterocycles. The van der Waals surface area contributed by atoms with E-state index in [1.54, 1.807) is 0 Å². The Kier molecular flexibility index (Phi) is 7.56. The SMILES string of the molecule is C1=CCCC(c2cccc(-c3nc(-c4ccccc4)nc(-c4ccc(-n5c6ccccc6c6c5ccc5c7ccccc7n(-c7ccccc7)c56)cc4)n3)c2)=C1. The average Bonchev–Trinajstić information content (AvgIpc) is 3.80. The quantitative estimate of drug-likeness (QED) is 0.172. The monoisotopic (exact) mass is 717 g/mol. The summed E-state index contributed by atoms with van der Waals surface area (Å²) in [5.41, 5.74) is 12.3. The van der Waals surface area contributed by atoms with Gasteiger partial charge in [-0.1, -0.05) is 127 Å². The molecule has 0 spiro atoms. The van der Waals surface area contributed by atoms with E-state index in [1.165, 1.54) is 43.7 Å². The number of hydrogen-bond donors (Lipinski definition) is 0. The highest BCUT2D eigenvalue weighted by Gasteiger charge is 2.21. The van der Waals surface area contributed by atoms with Crippen molar-refractivity contribution in [1.29, 1.82) is 0 Å². The first kappa shape index (κ1) is 32.1. The molecule has 0 atom stereocenters. The smallest absolute Gasteiger partial charge is 0.164 e. The summed E-state index contributed by atoms with van der Waals surface area (Å²) in [6.07, 6.45) is 8.65. The zero-order valence-corrected chi connectivity index (χ0v) is 30.5. The zero-order chi connectivity index (χ0) is 37.0. The van der Waals surface area contributed by atoms with Gasteiger partial charge in [0, 0.05) is 49.6 Å². The Morgan fingerprint density at radius 2 is 1.00 bits per heavy atom. The summed E-state index contributed by atoms with van der Waals surface area (Å²) in [6.45, 7) is 0. The largest absolute Gasteiger partial charge is 0.309 e. The Labute approximate surface area is 324 Å².